The first kappa shape index (κ1) is 13.3. The number of benzene rings is 2. The third kappa shape index (κ3) is 3.27. The molecule has 0 aliphatic heterocycles. The number of halogens is 1. The summed E-state index contributed by atoms with van der Waals surface area (Å²) in [5.74, 6) is 0.401. The van der Waals surface area contributed by atoms with Gasteiger partial charge in [-0.15, -0.1) is 0 Å². The molecule has 0 radical (unpaired) electrons. The molecule has 0 bridgehead atoms. The Bertz CT molecular complexity index is 724. The van der Waals surface area contributed by atoms with E-state index < -0.39 is 0 Å². The summed E-state index contributed by atoms with van der Waals surface area (Å²) in [6, 6.07) is 18.1. The Morgan fingerprint density at radius 2 is 1.48 bits per heavy atom. The van der Waals surface area contributed by atoms with Gasteiger partial charge in [0.15, 0.2) is 0 Å². The number of rotatable bonds is 3. The molecule has 0 aliphatic rings. The second-order valence-electron chi connectivity index (χ2n) is 4.35. The zero-order chi connectivity index (χ0) is 14.7. The van der Waals surface area contributed by atoms with Gasteiger partial charge in [0, 0.05) is 5.69 Å². The molecule has 6 heteroatoms. The van der Waals surface area contributed by atoms with Gasteiger partial charge in [-0.25, -0.2) is 0 Å². The van der Waals surface area contributed by atoms with Crippen LogP contribution in [-0.2, 0) is 0 Å². The largest absolute Gasteiger partial charge is 0.368 e. The van der Waals surface area contributed by atoms with Crippen molar-refractivity contribution in [2.75, 3.05) is 11.1 Å². The van der Waals surface area contributed by atoms with Gasteiger partial charge in [0.2, 0.25) is 17.2 Å². The lowest BCUT2D eigenvalue weighted by Crippen LogP contribution is -2.03. The Morgan fingerprint density at radius 3 is 2.14 bits per heavy atom. The highest BCUT2D eigenvalue weighted by molar-refractivity contribution is 6.28. The first-order valence-corrected chi connectivity index (χ1v) is 6.68. The van der Waals surface area contributed by atoms with Crippen molar-refractivity contribution in [2.24, 2.45) is 0 Å². The molecule has 5 nitrogen and oxygen atoms in total. The maximum absolute atomic E-state index is 5.74. The van der Waals surface area contributed by atoms with Crippen LogP contribution in [0.5, 0.6) is 0 Å². The molecule has 0 amide bonds. The van der Waals surface area contributed by atoms with Gasteiger partial charge in [-0.05, 0) is 34.9 Å². The third-order valence-corrected chi connectivity index (χ3v) is 3.04. The summed E-state index contributed by atoms with van der Waals surface area (Å²) in [6.07, 6.45) is 0. The summed E-state index contributed by atoms with van der Waals surface area (Å²) in [7, 11) is 0. The monoisotopic (exact) mass is 297 g/mol. The molecular weight excluding hydrogens is 286 g/mol. The molecule has 104 valence electrons. The van der Waals surface area contributed by atoms with Crippen LogP contribution in [0.1, 0.15) is 0 Å². The van der Waals surface area contributed by atoms with Crippen LogP contribution in [0.3, 0.4) is 0 Å². The van der Waals surface area contributed by atoms with Gasteiger partial charge in [0.1, 0.15) is 0 Å². The second-order valence-corrected chi connectivity index (χ2v) is 4.69. The first-order valence-electron chi connectivity index (χ1n) is 6.30. The van der Waals surface area contributed by atoms with E-state index in [1.165, 1.54) is 0 Å². The molecule has 0 unspecified atom stereocenters. The number of nitrogens with zero attached hydrogens (tertiary/aromatic N) is 3. The van der Waals surface area contributed by atoms with Gasteiger partial charge in [-0.2, -0.15) is 15.0 Å². The quantitative estimate of drug-likeness (QED) is 0.773. The van der Waals surface area contributed by atoms with Crippen molar-refractivity contribution in [1.82, 2.24) is 15.0 Å². The van der Waals surface area contributed by atoms with Gasteiger partial charge < -0.3 is 11.1 Å². The lowest BCUT2D eigenvalue weighted by molar-refractivity contribution is 1.07. The van der Waals surface area contributed by atoms with Crippen LogP contribution >= 0.6 is 11.6 Å². The van der Waals surface area contributed by atoms with E-state index in [1.807, 2.05) is 42.5 Å². The Hall–Kier alpha value is -2.66. The van der Waals surface area contributed by atoms with Crippen LogP contribution in [0.2, 0.25) is 5.28 Å². The fourth-order valence-electron chi connectivity index (χ4n) is 1.93. The predicted molar refractivity (Wildman–Crippen MR) is 84.4 cm³/mol. The molecular formula is C15H12ClN5. The average molecular weight is 298 g/mol. The Morgan fingerprint density at radius 1 is 0.810 bits per heavy atom. The molecule has 1 heterocycles. The summed E-state index contributed by atoms with van der Waals surface area (Å²) in [4.78, 5) is 11.6. The van der Waals surface area contributed by atoms with E-state index in [1.54, 1.807) is 0 Å². The van der Waals surface area contributed by atoms with Crippen molar-refractivity contribution in [3.05, 3.63) is 59.9 Å². The maximum Gasteiger partial charge on any atom is 0.233 e. The van der Waals surface area contributed by atoms with Gasteiger partial charge >= 0.3 is 0 Å². The molecule has 0 saturated heterocycles. The summed E-state index contributed by atoms with van der Waals surface area (Å²) in [5.41, 5.74) is 8.67. The van der Waals surface area contributed by atoms with Crippen molar-refractivity contribution in [3.63, 3.8) is 0 Å². The van der Waals surface area contributed by atoms with Crippen molar-refractivity contribution in [1.29, 1.82) is 0 Å². The number of nitrogens with one attached hydrogen (secondary N) is 1. The number of hydrogen-bond donors (Lipinski definition) is 2. The smallest absolute Gasteiger partial charge is 0.233 e. The van der Waals surface area contributed by atoms with E-state index in [2.05, 4.69) is 32.4 Å². The zero-order valence-electron chi connectivity index (χ0n) is 11.0. The molecule has 1 aromatic heterocycles. The van der Waals surface area contributed by atoms with E-state index >= 15 is 0 Å². The van der Waals surface area contributed by atoms with Gasteiger partial charge in [0.05, 0.1) is 0 Å². The Balaban J connectivity index is 1.81. The SMILES string of the molecule is Nc1nc(Cl)nc(Nc2ccc(-c3ccccc3)cc2)n1. The predicted octanol–water partition coefficient (Wildman–Crippen LogP) is 3.52. The lowest BCUT2D eigenvalue weighted by Gasteiger charge is -2.07. The molecule has 21 heavy (non-hydrogen) atoms. The summed E-state index contributed by atoms with van der Waals surface area (Å²) < 4.78 is 0. The van der Waals surface area contributed by atoms with Crippen LogP contribution in [0.4, 0.5) is 17.6 Å². The van der Waals surface area contributed by atoms with Crippen molar-refractivity contribution >= 4 is 29.2 Å². The molecule has 0 fully saturated rings. The average Bonchev–Trinajstić information content (AvgIpc) is 2.48. The number of nitrogen functional groups attached to an aromatic ring is 1. The minimum atomic E-state index is 0.0610. The van der Waals surface area contributed by atoms with Crippen LogP contribution in [0.25, 0.3) is 11.1 Å². The summed E-state index contributed by atoms with van der Waals surface area (Å²) >= 11 is 5.74. The highest BCUT2D eigenvalue weighted by Gasteiger charge is 2.03. The maximum atomic E-state index is 5.74. The molecule has 0 saturated carbocycles. The summed E-state index contributed by atoms with van der Waals surface area (Å²) in [6.45, 7) is 0. The van der Waals surface area contributed by atoms with Gasteiger partial charge in [-0.1, -0.05) is 42.5 Å². The van der Waals surface area contributed by atoms with Crippen molar-refractivity contribution in [2.45, 2.75) is 0 Å². The van der Waals surface area contributed by atoms with Gasteiger partial charge in [-0.3, -0.25) is 0 Å². The number of hydrogen-bond acceptors (Lipinski definition) is 5. The Labute approximate surface area is 126 Å². The lowest BCUT2D eigenvalue weighted by atomic mass is 10.1. The highest BCUT2D eigenvalue weighted by atomic mass is 35.5. The number of nitrogens with two attached hydrogens (primary N) is 1. The van der Waals surface area contributed by atoms with E-state index in [0.717, 1.165) is 16.8 Å². The fraction of sp³-hybridized carbons (Fsp3) is 0. The first-order chi connectivity index (χ1) is 10.2. The molecule has 0 spiro atoms. The minimum Gasteiger partial charge on any atom is -0.368 e. The molecule has 0 atom stereocenters. The second kappa shape index (κ2) is 5.76. The van der Waals surface area contributed by atoms with Crippen molar-refractivity contribution in [3.8, 4) is 11.1 Å². The van der Waals surface area contributed by atoms with Crippen LogP contribution < -0.4 is 11.1 Å². The molecule has 0 aliphatic carbocycles. The topological polar surface area (TPSA) is 76.7 Å². The number of aromatic nitrogens is 3. The van der Waals surface area contributed by atoms with E-state index in [4.69, 9.17) is 17.3 Å². The number of anilines is 3. The third-order valence-electron chi connectivity index (χ3n) is 2.87. The fourth-order valence-corrected chi connectivity index (χ4v) is 2.09. The Kier molecular flexibility index (Phi) is 3.66. The van der Waals surface area contributed by atoms with Crippen LogP contribution in [-0.4, -0.2) is 15.0 Å². The molecule has 3 aromatic rings. The summed E-state index contributed by atoms with van der Waals surface area (Å²) in [5, 5.41) is 3.10. The van der Waals surface area contributed by atoms with Gasteiger partial charge in [0.25, 0.3) is 0 Å². The van der Waals surface area contributed by atoms with Crippen LogP contribution in [0.15, 0.2) is 54.6 Å². The standard InChI is InChI=1S/C15H12ClN5/c16-13-19-14(17)21-15(20-13)18-12-8-6-11(7-9-12)10-4-2-1-3-5-10/h1-9H,(H3,17,18,19,20,21). The van der Waals surface area contributed by atoms with Crippen molar-refractivity contribution < 1.29 is 0 Å². The van der Waals surface area contributed by atoms with E-state index in [-0.39, 0.29) is 11.2 Å². The highest BCUT2D eigenvalue weighted by Crippen LogP contribution is 2.22. The van der Waals surface area contributed by atoms with E-state index in [0.29, 0.717) is 5.95 Å². The minimum absolute atomic E-state index is 0.0610. The van der Waals surface area contributed by atoms with Crippen LogP contribution in [0, 0.1) is 0 Å². The molecule has 3 N–H and O–H groups in total. The molecule has 3 rings (SSSR count). The molecule has 2 aromatic carbocycles. The normalized spacial score (nSPS) is 10.3. The van der Waals surface area contributed by atoms with E-state index in [9.17, 15) is 0 Å². The zero-order valence-corrected chi connectivity index (χ0v) is 11.7.